The van der Waals surface area contributed by atoms with Gasteiger partial charge in [0.25, 0.3) is 0 Å². The SMILES string of the molecule is COc1ccc2c(c1)C1CC1(C(=O)N1C3CCC1CN(C)C3)Cn1c-2c(C2CCCCC2)c2ccc(C(=O)OC(C)(C)C)cc21. The van der Waals surface area contributed by atoms with E-state index >= 15 is 0 Å². The van der Waals surface area contributed by atoms with Crippen molar-refractivity contribution in [2.24, 2.45) is 5.41 Å². The van der Waals surface area contributed by atoms with Crippen LogP contribution in [0.5, 0.6) is 5.75 Å². The van der Waals surface area contributed by atoms with E-state index in [1.165, 1.54) is 59.9 Å². The molecule has 0 radical (unpaired) electrons. The molecule has 1 aromatic heterocycles. The molecule has 0 N–H and O–H groups in total. The van der Waals surface area contributed by atoms with Gasteiger partial charge in [-0.1, -0.05) is 25.3 Å². The summed E-state index contributed by atoms with van der Waals surface area (Å²) >= 11 is 0. The zero-order valence-corrected chi connectivity index (χ0v) is 27.5. The highest BCUT2D eigenvalue weighted by Crippen LogP contribution is 2.66. The number of likely N-dealkylation sites (N-methyl/N-ethyl adjacent to an activating group) is 1. The van der Waals surface area contributed by atoms with Crippen LogP contribution in [0.25, 0.3) is 22.2 Å². The average Bonchev–Trinajstić information content (AvgIpc) is 3.60. The Morgan fingerprint density at radius 3 is 2.36 bits per heavy atom. The van der Waals surface area contributed by atoms with E-state index in [2.05, 4.69) is 45.7 Å². The molecule has 2 saturated heterocycles. The molecule has 238 valence electrons. The number of piperazine rings is 1. The number of ether oxygens (including phenoxy) is 2. The van der Waals surface area contributed by atoms with Gasteiger partial charge in [-0.3, -0.25) is 4.79 Å². The average molecular weight is 610 g/mol. The van der Waals surface area contributed by atoms with Crippen molar-refractivity contribution >= 4 is 22.8 Å². The van der Waals surface area contributed by atoms with Gasteiger partial charge in [0, 0.05) is 54.1 Å². The standard InChI is InChI=1S/C38H47N3O4/c1-37(2,3)45-35(42)24-11-15-29-32(17-24)40-22-38(36(43)41-25-12-13-26(41)21-39(4)20-25)19-31(38)30-18-27(44-5)14-16-28(30)34(40)33(29)23-9-7-6-8-10-23/h11,14-18,23,25-26,31H,6-10,12-13,19-22H2,1-5H3. The summed E-state index contributed by atoms with van der Waals surface area (Å²) < 4.78 is 14.0. The van der Waals surface area contributed by atoms with Gasteiger partial charge in [-0.05, 0) is 107 Å². The van der Waals surface area contributed by atoms with Crippen LogP contribution in [0, 0.1) is 5.41 Å². The summed E-state index contributed by atoms with van der Waals surface area (Å²) in [4.78, 5) is 33.0. The summed E-state index contributed by atoms with van der Waals surface area (Å²) in [7, 11) is 3.92. The van der Waals surface area contributed by atoms with Crippen LogP contribution in [-0.4, -0.2) is 71.2 Å². The highest BCUT2D eigenvalue weighted by atomic mass is 16.6. The maximum absolute atomic E-state index is 15.0. The van der Waals surface area contributed by atoms with Crippen LogP contribution in [0.3, 0.4) is 0 Å². The van der Waals surface area contributed by atoms with Crippen LogP contribution in [-0.2, 0) is 16.1 Å². The number of amides is 1. The van der Waals surface area contributed by atoms with E-state index in [-0.39, 0.29) is 11.9 Å². The highest BCUT2D eigenvalue weighted by Gasteiger charge is 2.65. The van der Waals surface area contributed by atoms with Crippen molar-refractivity contribution in [1.29, 1.82) is 0 Å². The predicted octanol–water partition coefficient (Wildman–Crippen LogP) is 7.11. The zero-order valence-electron chi connectivity index (χ0n) is 27.5. The molecule has 2 saturated carbocycles. The first-order valence-corrected chi connectivity index (χ1v) is 17.2. The Kier molecular flexibility index (Phi) is 6.69. The van der Waals surface area contributed by atoms with Gasteiger partial charge in [0.2, 0.25) is 5.91 Å². The molecule has 7 heteroatoms. The molecule has 4 atom stereocenters. The summed E-state index contributed by atoms with van der Waals surface area (Å²) in [6.07, 6.45) is 9.13. The third kappa shape index (κ3) is 4.63. The van der Waals surface area contributed by atoms with Gasteiger partial charge in [-0.2, -0.15) is 0 Å². The summed E-state index contributed by atoms with van der Waals surface area (Å²) in [5.74, 6) is 1.48. The van der Waals surface area contributed by atoms with E-state index in [9.17, 15) is 9.59 Å². The molecule has 4 fully saturated rings. The summed E-state index contributed by atoms with van der Waals surface area (Å²) in [6.45, 7) is 8.27. The molecule has 8 rings (SSSR count). The number of rotatable bonds is 4. The molecule has 2 aromatic carbocycles. The fraction of sp³-hybridized carbons (Fsp3) is 0.579. The maximum Gasteiger partial charge on any atom is 0.338 e. The van der Waals surface area contributed by atoms with E-state index in [1.807, 2.05) is 32.9 Å². The molecule has 45 heavy (non-hydrogen) atoms. The third-order valence-corrected chi connectivity index (χ3v) is 11.5. The van der Waals surface area contributed by atoms with Gasteiger partial charge in [0.15, 0.2) is 0 Å². The minimum atomic E-state index is -0.576. The number of nitrogens with zero attached hydrogens (tertiary/aromatic N) is 3. The van der Waals surface area contributed by atoms with Crippen molar-refractivity contribution < 1.29 is 19.1 Å². The lowest BCUT2D eigenvalue weighted by atomic mass is 9.81. The summed E-state index contributed by atoms with van der Waals surface area (Å²) in [5, 5.41) is 1.22. The Bertz CT molecular complexity index is 1680. The van der Waals surface area contributed by atoms with Crippen molar-refractivity contribution in [1.82, 2.24) is 14.4 Å². The summed E-state index contributed by atoms with van der Waals surface area (Å²) in [6, 6.07) is 13.3. The lowest BCUT2D eigenvalue weighted by Gasteiger charge is -2.41. The van der Waals surface area contributed by atoms with Gasteiger partial charge in [0.1, 0.15) is 11.4 Å². The van der Waals surface area contributed by atoms with Crippen LogP contribution in [0.2, 0.25) is 0 Å². The molecule has 3 aliphatic heterocycles. The topological polar surface area (TPSA) is 64.0 Å². The van der Waals surface area contributed by atoms with Crippen molar-refractivity contribution in [3.8, 4) is 17.0 Å². The maximum atomic E-state index is 15.0. The number of likely N-dealkylation sites (tertiary alicyclic amines) is 1. The van der Waals surface area contributed by atoms with Crippen LogP contribution in [0.4, 0.5) is 0 Å². The molecular formula is C38H47N3O4. The number of benzene rings is 2. The number of hydrogen-bond acceptors (Lipinski definition) is 5. The van der Waals surface area contributed by atoms with Gasteiger partial charge >= 0.3 is 5.97 Å². The van der Waals surface area contributed by atoms with Crippen LogP contribution >= 0.6 is 0 Å². The van der Waals surface area contributed by atoms with Crippen LogP contribution < -0.4 is 4.74 Å². The number of carbonyl (C=O) groups excluding carboxylic acids is 2. The van der Waals surface area contributed by atoms with Crippen molar-refractivity contribution in [3.05, 3.63) is 53.1 Å². The van der Waals surface area contributed by atoms with Crippen LogP contribution in [0.15, 0.2) is 36.4 Å². The normalized spacial score (nSPS) is 27.8. The lowest BCUT2D eigenvalue weighted by Crippen LogP contribution is -2.57. The number of carbonyl (C=O) groups is 2. The first kappa shape index (κ1) is 29.1. The Morgan fingerprint density at radius 1 is 0.933 bits per heavy atom. The molecule has 4 heterocycles. The Balaban J connectivity index is 1.33. The van der Waals surface area contributed by atoms with Gasteiger partial charge < -0.3 is 23.8 Å². The fourth-order valence-corrected chi connectivity index (χ4v) is 9.45. The minimum absolute atomic E-state index is 0.150. The van der Waals surface area contributed by atoms with Gasteiger partial charge in [0.05, 0.1) is 23.8 Å². The van der Waals surface area contributed by atoms with Crippen molar-refractivity contribution in [2.75, 3.05) is 27.2 Å². The smallest absolute Gasteiger partial charge is 0.338 e. The number of methoxy groups -OCH3 is 1. The molecule has 3 aromatic rings. The zero-order chi connectivity index (χ0) is 31.2. The minimum Gasteiger partial charge on any atom is -0.497 e. The second-order valence-corrected chi connectivity index (χ2v) is 15.6. The quantitative estimate of drug-likeness (QED) is 0.295. The highest BCUT2D eigenvalue weighted by molar-refractivity contribution is 6.00. The van der Waals surface area contributed by atoms with Gasteiger partial charge in [-0.15, -0.1) is 0 Å². The Morgan fingerprint density at radius 2 is 1.67 bits per heavy atom. The first-order chi connectivity index (χ1) is 21.6. The molecule has 7 nitrogen and oxygen atoms in total. The number of aromatic nitrogens is 1. The monoisotopic (exact) mass is 609 g/mol. The van der Waals surface area contributed by atoms with Crippen LogP contribution in [0.1, 0.15) is 105 Å². The predicted molar refractivity (Wildman–Crippen MR) is 176 cm³/mol. The van der Waals surface area contributed by atoms with E-state index in [4.69, 9.17) is 9.47 Å². The Labute approximate surface area is 266 Å². The lowest BCUT2D eigenvalue weighted by molar-refractivity contribution is -0.143. The molecule has 2 bridgehead atoms. The molecule has 4 unspecified atom stereocenters. The van der Waals surface area contributed by atoms with Crippen molar-refractivity contribution in [3.63, 3.8) is 0 Å². The summed E-state index contributed by atoms with van der Waals surface area (Å²) in [5.41, 5.74) is 5.66. The number of hydrogen-bond donors (Lipinski definition) is 0. The van der Waals surface area contributed by atoms with E-state index in [1.54, 1.807) is 7.11 Å². The molecule has 0 spiro atoms. The Hall–Kier alpha value is -3.32. The molecule has 1 amide bonds. The van der Waals surface area contributed by atoms with Gasteiger partial charge in [-0.25, -0.2) is 4.79 Å². The first-order valence-electron chi connectivity index (χ1n) is 17.2. The molecular weight excluding hydrogens is 562 g/mol. The largest absolute Gasteiger partial charge is 0.497 e. The fourth-order valence-electron chi connectivity index (χ4n) is 9.45. The second kappa shape index (κ2) is 10.3. The number of esters is 1. The number of fused-ring (bicyclic) bond motifs is 9. The van der Waals surface area contributed by atoms with E-state index in [0.717, 1.165) is 43.6 Å². The van der Waals surface area contributed by atoms with E-state index in [0.29, 0.717) is 36.0 Å². The molecule has 5 aliphatic rings. The third-order valence-electron chi connectivity index (χ3n) is 11.5. The van der Waals surface area contributed by atoms with E-state index < -0.39 is 11.0 Å². The van der Waals surface area contributed by atoms with Crippen molar-refractivity contribution in [2.45, 2.75) is 108 Å². The molecule has 2 aliphatic carbocycles. The second-order valence-electron chi connectivity index (χ2n) is 15.6.